The Morgan fingerprint density at radius 1 is 0.909 bits per heavy atom. The molecule has 3 unspecified atom stereocenters. The predicted octanol–water partition coefficient (Wildman–Crippen LogP) is 5.41. The van der Waals surface area contributed by atoms with E-state index in [2.05, 4.69) is 17.4 Å². The first-order valence-electron chi connectivity index (χ1n) is 16.6. The van der Waals surface area contributed by atoms with Crippen LogP contribution < -0.4 is 5.32 Å². The molecule has 1 saturated carbocycles. The maximum absolute atomic E-state index is 13.8. The number of carbonyl (C=O) groups excluding carboxylic acids is 2. The van der Waals surface area contributed by atoms with Crippen molar-refractivity contribution in [2.24, 2.45) is 17.8 Å². The molecule has 2 amide bonds. The van der Waals surface area contributed by atoms with Gasteiger partial charge in [0.2, 0.25) is 11.8 Å². The van der Waals surface area contributed by atoms with E-state index in [1.165, 1.54) is 31.2 Å². The minimum absolute atomic E-state index is 0.00588. The molecule has 6 nitrogen and oxygen atoms in total. The van der Waals surface area contributed by atoms with Crippen molar-refractivity contribution in [2.45, 2.75) is 88.5 Å². The number of aliphatic hydroxyl groups excluding tert-OH is 2. The molecule has 0 spiro atoms. The van der Waals surface area contributed by atoms with E-state index in [1.54, 1.807) is 0 Å². The van der Waals surface area contributed by atoms with Gasteiger partial charge in [-0.05, 0) is 60.3 Å². The second kappa shape index (κ2) is 14.1. The van der Waals surface area contributed by atoms with Gasteiger partial charge in [-0.3, -0.25) is 9.59 Å². The first kappa shape index (κ1) is 30.5. The molecule has 0 bridgehead atoms. The second-order valence-corrected chi connectivity index (χ2v) is 13.4. The molecule has 2 aliphatic carbocycles. The van der Waals surface area contributed by atoms with E-state index in [0.717, 1.165) is 36.0 Å². The molecule has 2 fully saturated rings. The molecule has 0 radical (unpaired) electrons. The van der Waals surface area contributed by atoms with Crippen LogP contribution in [0.1, 0.15) is 73.2 Å². The number of aliphatic hydroxyl groups is 2. The average molecular weight is 595 g/mol. The summed E-state index contributed by atoms with van der Waals surface area (Å²) in [5, 5.41) is 25.4. The molecule has 6 atom stereocenters. The third kappa shape index (κ3) is 7.24. The molecular weight excluding hydrogens is 548 g/mol. The van der Waals surface area contributed by atoms with Crippen molar-refractivity contribution in [1.82, 2.24) is 10.2 Å². The van der Waals surface area contributed by atoms with Crippen molar-refractivity contribution in [2.75, 3.05) is 6.54 Å². The molecular formula is C38H46N2O4. The van der Waals surface area contributed by atoms with Gasteiger partial charge in [0.1, 0.15) is 0 Å². The van der Waals surface area contributed by atoms with E-state index in [9.17, 15) is 19.8 Å². The predicted molar refractivity (Wildman–Crippen MR) is 172 cm³/mol. The van der Waals surface area contributed by atoms with Crippen LogP contribution in [-0.2, 0) is 28.9 Å². The van der Waals surface area contributed by atoms with Gasteiger partial charge in [0.05, 0.1) is 18.2 Å². The van der Waals surface area contributed by atoms with Crippen LogP contribution in [0.3, 0.4) is 0 Å². The molecule has 6 heteroatoms. The molecule has 1 saturated heterocycles. The van der Waals surface area contributed by atoms with E-state index >= 15 is 0 Å². The van der Waals surface area contributed by atoms with Crippen LogP contribution in [0, 0.1) is 17.8 Å². The lowest BCUT2D eigenvalue weighted by atomic mass is 9.90. The monoisotopic (exact) mass is 594 g/mol. The summed E-state index contributed by atoms with van der Waals surface area (Å²) in [5.74, 6) is 0.104. The zero-order chi connectivity index (χ0) is 30.5. The largest absolute Gasteiger partial charge is 0.391 e. The number of β-amino-alcohol motifs (C(OH)–C–C–N with tert-alkyl or cyclic N) is 1. The van der Waals surface area contributed by atoms with Crippen molar-refractivity contribution in [1.29, 1.82) is 0 Å². The summed E-state index contributed by atoms with van der Waals surface area (Å²) >= 11 is 0. The molecule has 3 N–H and O–H groups in total. The normalized spacial score (nSPS) is 24.8. The van der Waals surface area contributed by atoms with Gasteiger partial charge in [-0.2, -0.15) is 0 Å². The maximum atomic E-state index is 13.8. The third-order valence-electron chi connectivity index (χ3n) is 10.2. The Morgan fingerprint density at radius 3 is 2.30 bits per heavy atom. The Hall–Kier alpha value is -3.48. The first-order chi connectivity index (χ1) is 21.4. The number of hydrogen-bond donors (Lipinski definition) is 3. The van der Waals surface area contributed by atoms with E-state index in [1.807, 2.05) is 77.7 Å². The SMILES string of the molecule is O=C(N[C@H]1c2ccccc2C[C@H]1O)C(Cc1ccccc1)CC(O)CN1C(=O)C(CC2CCCC2)C[C@@H]1Cc1ccccc1. The van der Waals surface area contributed by atoms with Crippen molar-refractivity contribution >= 4 is 11.8 Å². The van der Waals surface area contributed by atoms with Crippen LogP contribution in [-0.4, -0.2) is 51.7 Å². The van der Waals surface area contributed by atoms with Crippen molar-refractivity contribution < 1.29 is 19.8 Å². The zero-order valence-corrected chi connectivity index (χ0v) is 25.6. The molecule has 44 heavy (non-hydrogen) atoms. The summed E-state index contributed by atoms with van der Waals surface area (Å²) in [5.41, 5.74) is 4.22. The number of carbonyl (C=O) groups is 2. The van der Waals surface area contributed by atoms with Gasteiger partial charge in [-0.1, -0.05) is 111 Å². The third-order valence-corrected chi connectivity index (χ3v) is 10.2. The molecule has 3 aliphatic rings. The van der Waals surface area contributed by atoms with Gasteiger partial charge in [0.15, 0.2) is 0 Å². The van der Waals surface area contributed by atoms with Crippen LogP contribution in [0.4, 0.5) is 0 Å². The number of hydrogen-bond acceptors (Lipinski definition) is 4. The second-order valence-electron chi connectivity index (χ2n) is 13.4. The molecule has 1 heterocycles. The fourth-order valence-corrected chi connectivity index (χ4v) is 7.97. The molecule has 3 aromatic carbocycles. The van der Waals surface area contributed by atoms with E-state index < -0.39 is 24.2 Å². The lowest BCUT2D eigenvalue weighted by Crippen LogP contribution is -2.43. The molecule has 0 aromatic heterocycles. The summed E-state index contributed by atoms with van der Waals surface area (Å²) in [6.07, 6.45) is 7.18. The van der Waals surface area contributed by atoms with Gasteiger partial charge in [0, 0.05) is 30.8 Å². The lowest BCUT2D eigenvalue weighted by Gasteiger charge is -2.29. The van der Waals surface area contributed by atoms with Crippen LogP contribution in [0.25, 0.3) is 0 Å². The smallest absolute Gasteiger partial charge is 0.226 e. The van der Waals surface area contributed by atoms with Gasteiger partial charge in [-0.25, -0.2) is 0 Å². The number of nitrogens with zero attached hydrogens (tertiary/aromatic N) is 1. The van der Waals surface area contributed by atoms with Crippen molar-refractivity contribution in [3.05, 3.63) is 107 Å². The highest BCUT2D eigenvalue weighted by Crippen LogP contribution is 2.37. The minimum Gasteiger partial charge on any atom is -0.391 e. The lowest BCUT2D eigenvalue weighted by molar-refractivity contribution is -0.134. The highest BCUT2D eigenvalue weighted by Gasteiger charge is 2.42. The molecule has 1 aliphatic heterocycles. The first-order valence-corrected chi connectivity index (χ1v) is 16.6. The number of benzene rings is 3. The zero-order valence-electron chi connectivity index (χ0n) is 25.6. The topological polar surface area (TPSA) is 89.9 Å². The summed E-state index contributed by atoms with van der Waals surface area (Å²) in [6.45, 7) is 0.227. The number of nitrogens with one attached hydrogen (secondary N) is 1. The molecule has 3 aromatic rings. The summed E-state index contributed by atoms with van der Waals surface area (Å²) in [4.78, 5) is 29.6. The van der Waals surface area contributed by atoms with Gasteiger partial charge >= 0.3 is 0 Å². The summed E-state index contributed by atoms with van der Waals surface area (Å²) in [6, 6.07) is 27.6. The fourth-order valence-electron chi connectivity index (χ4n) is 7.97. The van der Waals surface area contributed by atoms with E-state index in [4.69, 9.17) is 0 Å². The standard InChI is InChI=1S/C38H46N2O4/c41-33(25-40-32(21-28-13-5-2-6-14-28)22-31(38(40)44)20-27-15-7-8-16-27)23-30(19-26-11-3-1-4-12-26)37(43)39-36-34-18-10-9-17-29(34)24-35(36)42/h1-6,9-14,17-18,27,30-33,35-36,41-42H,7-8,15-16,19-25H2,(H,39,43)/t30?,31?,32-,33?,35+,36-/m0/s1. The molecule has 232 valence electrons. The highest BCUT2D eigenvalue weighted by molar-refractivity contribution is 5.82. The summed E-state index contributed by atoms with van der Waals surface area (Å²) < 4.78 is 0. The Bertz CT molecular complexity index is 1390. The average Bonchev–Trinajstić information content (AvgIpc) is 3.73. The van der Waals surface area contributed by atoms with E-state index in [0.29, 0.717) is 18.8 Å². The van der Waals surface area contributed by atoms with Crippen LogP contribution in [0.2, 0.25) is 0 Å². The highest BCUT2D eigenvalue weighted by atomic mass is 16.3. The number of likely N-dealkylation sites (tertiary alicyclic amines) is 1. The molecule has 6 rings (SSSR count). The Kier molecular flexibility index (Phi) is 9.78. The fraction of sp³-hybridized carbons (Fsp3) is 0.474. The maximum Gasteiger partial charge on any atom is 0.226 e. The van der Waals surface area contributed by atoms with Crippen molar-refractivity contribution in [3.63, 3.8) is 0 Å². The number of amides is 2. The quantitative estimate of drug-likeness (QED) is 0.262. The number of fused-ring (bicyclic) bond motifs is 1. The summed E-state index contributed by atoms with van der Waals surface area (Å²) in [7, 11) is 0. The van der Waals surface area contributed by atoms with Gasteiger partial charge in [0.25, 0.3) is 0 Å². The minimum atomic E-state index is -0.845. The van der Waals surface area contributed by atoms with E-state index in [-0.39, 0.29) is 36.7 Å². The Morgan fingerprint density at radius 2 is 1.57 bits per heavy atom. The van der Waals surface area contributed by atoms with Gasteiger partial charge in [-0.15, -0.1) is 0 Å². The van der Waals surface area contributed by atoms with Crippen molar-refractivity contribution in [3.8, 4) is 0 Å². The van der Waals surface area contributed by atoms with Crippen LogP contribution in [0.15, 0.2) is 84.9 Å². The van der Waals surface area contributed by atoms with Crippen LogP contribution in [0.5, 0.6) is 0 Å². The Balaban J connectivity index is 1.17. The van der Waals surface area contributed by atoms with Gasteiger partial charge < -0.3 is 20.4 Å². The Labute approximate surface area is 261 Å². The van der Waals surface area contributed by atoms with Crippen LogP contribution >= 0.6 is 0 Å². The number of rotatable bonds is 12.